The summed E-state index contributed by atoms with van der Waals surface area (Å²) in [7, 11) is 0. The van der Waals surface area contributed by atoms with E-state index < -0.39 is 22.9 Å². The molecule has 4 nitrogen and oxygen atoms in total. The second-order valence-electron chi connectivity index (χ2n) is 8.72. The van der Waals surface area contributed by atoms with Crippen LogP contribution < -0.4 is 5.43 Å². The topological polar surface area (TPSA) is 53.7 Å². The van der Waals surface area contributed by atoms with E-state index in [1.165, 1.54) is 24.3 Å². The fourth-order valence-corrected chi connectivity index (χ4v) is 4.94. The SMILES string of the molecule is CC1CC(C)CN(Cc2c(O)ccc3c(=O)c(-c4ccc(Br)cc4)c(C(F)(F)F)oc23)C1. The van der Waals surface area contributed by atoms with E-state index in [0.717, 1.165) is 19.5 Å². The Bertz CT molecular complexity index is 1190. The summed E-state index contributed by atoms with van der Waals surface area (Å²) in [5.74, 6) is -0.684. The van der Waals surface area contributed by atoms with Crippen LogP contribution in [-0.4, -0.2) is 23.1 Å². The molecule has 1 aromatic heterocycles. The maximum atomic E-state index is 14.0. The largest absolute Gasteiger partial charge is 0.507 e. The standard InChI is InChI=1S/C24H23BrF3NO3/c1-13-9-14(2)11-29(10-13)12-18-19(30)8-7-17-21(31)20(15-3-5-16(25)6-4-15)23(24(26,27)28)32-22(17)18/h3-8,13-14,30H,9-12H2,1-2H3. The molecule has 0 bridgehead atoms. The molecule has 2 heterocycles. The van der Waals surface area contributed by atoms with Gasteiger partial charge in [0, 0.05) is 24.1 Å². The van der Waals surface area contributed by atoms with Crippen molar-refractivity contribution in [1.82, 2.24) is 4.90 Å². The molecular weight excluding hydrogens is 487 g/mol. The molecule has 0 radical (unpaired) electrons. The van der Waals surface area contributed by atoms with Crippen LogP contribution in [0.5, 0.6) is 5.75 Å². The summed E-state index contributed by atoms with van der Waals surface area (Å²) < 4.78 is 48.1. The van der Waals surface area contributed by atoms with Crippen molar-refractivity contribution in [3.8, 4) is 16.9 Å². The predicted octanol–water partition coefficient (Wildman–Crippen LogP) is 6.42. The number of benzene rings is 2. The Morgan fingerprint density at radius 2 is 1.72 bits per heavy atom. The summed E-state index contributed by atoms with van der Waals surface area (Å²) in [5, 5.41) is 10.5. The van der Waals surface area contributed by atoms with Crippen LogP contribution in [0.15, 0.2) is 50.1 Å². The summed E-state index contributed by atoms with van der Waals surface area (Å²) in [4.78, 5) is 15.4. The molecule has 2 atom stereocenters. The van der Waals surface area contributed by atoms with Gasteiger partial charge in [-0.3, -0.25) is 9.69 Å². The van der Waals surface area contributed by atoms with Crippen molar-refractivity contribution in [3.05, 3.63) is 62.4 Å². The molecule has 3 aromatic rings. The van der Waals surface area contributed by atoms with Gasteiger partial charge in [-0.15, -0.1) is 0 Å². The normalized spacial score (nSPS) is 20.1. The zero-order valence-electron chi connectivity index (χ0n) is 17.7. The van der Waals surface area contributed by atoms with Gasteiger partial charge in [-0.05, 0) is 48.1 Å². The number of nitrogens with zero attached hydrogens (tertiary/aromatic N) is 1. The van der Waals surface area contributed by atoms with Crippen LogP contribution in [0.4, 0.5) is 13.2 Å². The number of aromatic hydroxyl groups is 1. The first-order valence-electron chi connectivity index (χ1n) is 10.4. The molecule has 0 saturated carbocycles. The lowest BCUT2D eigenvalue weighted by molar-refractivity contribution is -0.152. The van der Waals surface area contributed by atoms with Gasteiger partial charge < -0.3 is 9.52 Å². The number of alkyl halides is 3. The lowest BCUT2D eigenvalue weighted by atomic mass is 9.91. The van der Waals surface area contributed by atoms with Gasteiger partial charge in [0.25, 0.3) is 0 Å². The molecule has 1 aliphatic heterocycles. The number of piperidine rings is 1. The lowest BCUT2D eigenvalue weighted by Crippen LogP contribution is -2.38. The Kier molecular flexibility index (Phi) is 6.11. The zero-order valence-corrected chi connectivity index (χ0v) is 19.3. The fraction of sp³-hybridized carbons (Fsp3) is 0.375. The average Bonchev–Trinajstić information content (AvgIpc) is 2.69. The summed E-state index contributed by atoms with van der Waals surface area (Å²) in [6, 6.07) is 8.69. The Morgan fingerprint density at radius 1 is 1.09 bits per heavy atom. The monoisotopic (exact) mass is 509 g/mol. The second kappa shape index (κ2) is 8.56. The maximum absolute atomic E-state index is 14.0. The molecule has 170 valence electrons. The van der Waals surface area contributed by atoms with Crippen LogP contribution in [0.3, 0.4) is 0 Å². The average molecular weight is 510 g/mol. The first-order valence-corrected chi connectivity index (χ1v) is 11.2. The lowest BCUT2D eigenvalue weighted by Gasteiger charge is -2.35. The third-order valence-corrected chi connectivity index (χ3v) is 6.38. The highest BCUT2D eigenvalue weighted by Crippen LogP contribution is 2.39. The van der Waals surface area contributed by atoms with E-state index in [1.54, 1.807) is 12.1 Å². The molecule has 0 aliphatic carbocycles. The van der Waals surface area contributed by atoms with Gasteiger partial charge in [-0.1, -0.05) is 41.9 Å². The predicted molar refractivity (Wildman–Crippen MR) is 121 cm³/mol. The number of hydrogen-bond donors (Lipinski definition) is 1. The molecule has 1 N–H and O–H groups in total. The van der Waals surface area contributed by atoms with E-state index in [4.69, 9.17) is 4.42 Å². The number of rotatable bonds is 3. The molecule has 1 saturated heterocycles. The van der Waals surface area contributed by atoms with Gasteiger partial charge in [0.15, 0.2) is 0 Å². The summed E-state index contributed by atoms with van der Waals surface area (Å²) in [5.41, 5.74) is -1.20. The fourth-order valence-electron chi connectivity index (χ4n) is 4.68. The van der Waals surface area contributed by atoms with Crippen LogP contribution in [0.25, 0.3) is 22.1 Å². The minimum atomic E-state index is -4.88. The molecule has 0 spiro atoms. The zero-order chi connectivity index (χ0) is 23.2. The molecule has 2 unspecified atom stereocenters. The van der Waals surface area contributed by atoms with Gasteiger partial charge in [0.2, 0.25) is 11.2 Å². The minimum Gasteiger partial charge on any atom is -0.507 e. The Balaban J connectivity index is 1.92. The molecule has 1 aliphatic rings. The third-order valence-electron chi connectivity index (χ3n) is 5.86. The number of fused-ring (bicyclic) bond motifs is 1. The summed E-state index contributed by atoms with van der Waals surface area (Å²) >= 11 is 3.25. The van der Waals surface area contributed by atoms with E-state index in [9.17, 15) is 23.1 Å². The van der Waals surface area contributed by atoms with E-state index in [2.05, 4.69) is 34.7 Å². The highest BCUT2D eigenvalue weighted by molar-refractivity contribution is 9.10. The van der Waals surface area contributed by atoms with Crippen molar-refractivity contribution < 1.29 is 22.7 Å². The molecule has 8 heteroatoms. The first kappa shape index (κ1) is 22.9. The van der Waals surface area contributed by atoms with Crippen LogP contribution in [0.2, 0.25) is 0 Å². The van der Waals surface area contributed by atoms with Crippen molar-refractivity contribution >= 4 is 26.9 Å². The van der Waals surface area contributed by atoms with Gasteiger partial charge in [0.05, 0.1) is 16.5 Å². The van der Waals surface area contributed by atoms with Gasteiger partial charge in [0.1, 0.15) is 11.3 Å². The highest BCUT2D eigenvalue weighted by atomic mass is 79.9. The van der Waals surface area contributed by atoms with Gasteiger partial charge in [-0.25, -0.2) is 0 Å². The number of hydrogen-bond acceptors (Lipinski definition) is 4. The third kappa shape index (κ3) is 4.43. The first-order chi connectivity index (χ1) is 15.0. The molecular formula is C24H23BrF3NO3. The highest BCUT2D eigenvalue weighted by Gasteiger charge is 2.40. The molecule has 0 amide bonds. The second-order valence-corrected chi connectivity index (χ2v) is 9.64. The van der Waals surface area contributed by atoms with Crippen molar-refractivity contribution in [2.24, 2.45) is 11.8 Å². The summed E-state index contributed by atoms with van der Waals surface area (Å²) in [6.07, 6.45) is -3.81. The molecule has 1 fully saturated rings. The van der Waals surface area contributed by atoms with Crippen LogP contribution >= 0.6 is 15.9 Å². The van der Waals surface area contributed by atoms with E-state index >= 15 is 0 Å². The molecule has 2 aromatic carbocycles. The number of phenolic OH excluding ortho intramolecular Hbond substituents is 1. The van der Waals surface area contributed by atoms with Crippen LogP contribution in [0.1, 0.15) is 31.6 Å². The quantitative estimate of drug-likeness (QED) is 0.442. The van der Waals surface area contributed by atoms with E-state index in [1.807, 2.05) is 0 Å². The van der Waals surface area contributed by atoms with E-state index in [0.29, 0.717) is 16.3 Å². The maximum Gasteiger partial charge on any atom is 0.450 e. The van der Waals surface area contributed by atoms with Gasteiger partial charge >= 0.3 is 6.18 Å². The van der Waals surface area contributed by atoms with Crippen LogP contribution in [0, 0.1) is 11.8 Å². The van der Waals surface area contributed by atoms with Crippen molar-refractivity contribution in [2.45, 2.75) is 33.0 Å². The van der Waals surface area contributed by atoms with E-state index in [-0.39, 0.29) is 34.4 Å². The van der Waals surface area contributed by atoms with Crippen molar-refractivity contribution in [3.63, 3.8) is 0 Å². The number of likely N-dealkylation sites (tertiary alicyclic amines) is 1. The van der Waals surface area contributed by atoms with Crippen LogP contribution in [-0.2, 0) is 12.7 Å². The van der Waals surface area contributed by atoms with Crippen molar-refractivity contribution in [1.29, 1.82) is 0 Å². The Morgan fingerprint density at radius 3 is 2.31 bits per heavy atom. The summed E-state index contributed by atoms with van der Waals surface area (Å²) in [6.45, 7) is 5.96. The smallest absolute Gasteiger partial charge is 0.450 e. The minimum absolute atomic E-state index is 0.0156. The van der Waals surface area contributed by atoms with Crippen molar-refractivity contribution in [2.75, 3.05) is 13.1 Å². The molecule has 4 rings (SSSR count). The number of phenols is 1. The molecule has 32 heavy (non-hydrogen) atoms. The van der Waals surface area contributed by atoms with Gasteiger partial charge in [-0.2, -0.15) is 13.2 Å². The Hall–Kier alpha value is -2.32. The Labute approximate surface area is 191 Å². The number of halogens is 4.